The number of amides is 5. The number of rotatable bonds is 16. The number of benzene rings is 2. The molecule has 14 heteroatoms. The van der Waals surface area contributed by atoms with Gasteiger partial charge in [-0.1, -0.05) is 90.9 Å². The third-order valence-electron chi connectivity index (χ3n) is 9.50. The standard InChI is InChI=1S/C39H53F2N5O7/c1-22(2)27-18-20-46(36(50)33(39(5,6)7)45-38(53)44-30(23(3)4)32(47)25-11-9-8-10-12-25)31(27)35(49)43-28(21-29(40)41)34(48)42-19-17-24-13-15-26(16-14-24)37(51)52/h8-16,22-23,27-31,33H,17-21H2,1-7H3,(H,42,48)(H,43,49)(H,51,52)(H2,44,45,53)/t27?,28-,30-,31-,33+/m0/s1. The molecule has 53 heavy (non-hydrogen) atoms. The fourth-order valence-corrected chi connectivity index (χ4v) is 6.48. The molecule has 0 aromatic heterocycles. The maximum atomic E-state index is 14.3. The zero-order valence-electron chi connectivity index (χ0n) is 31.5. The van der Waals surface area contributed by atoms with Crippen molar-refractivity contribution in [2.45, 2.75) is 98.3 Å². The van der Waals surface area contributed by atoms with E-state index in [1.54, 1.807) is 77.1 Å². The number of carbonyl (C=O) groups excluding carboxylic acids is 5. The van der Waals surface area contributed by atoms with E-state index in [0.717, 1.165) is 0 Å². The van der Waals surface area contributed by atoms with E-state index >= 15 is 0 Å². The molecule has 5 amide bonds. The largest absolute Gasteiger partial charge is 0.478 e. The Hall–Kier alpha value is -4.88. The zero-order chi connectivity index (χ0) is 39.6. The number of carbonyl (C=O) groups is 6. The van der Waals surface area contributed by atoms with Crippen molar-refractivity contribution >= 4 is 35.5 Å². The number of hydrogen-bond acceptors (Lipinski definition) is 6. The molecule has 0 bridgehead atoms. The number of hydrogen-bond donors (Lipinski definition) is 5. The van der Waals surface area contributed by atoms with Crippen molar-refractivity contribution in [3.05, 3.63) is 71.3 Å². The van der Waals surface area contributed by atoms with E-state index in [4.69, 9.17) is 5.11 Å². The van der Waals surface area contributed by atoms with Crippen molar-refractivity contribution < 1.29 is 42.7 Å². The molecule has 12 nitrogen and oxygen atoms in total. The van der Waals surface area contributed by atoms with Gasteiger partial charge in [-0.15, -0.1) is 0 Å². The van der Waals surface area contributed by atoms with Crippen molar-refractivity contribution in [1.29, 1.82) is 0 Å². The van der Waals surface area contributed by atoms with Gasteiger partial charge in [-0.2, -0.15) is 0 Å². The lowest BCUT2D eigenvalue weighted by Crippen LogP contribution is -2.62. The summed E-state index contributed by atoms with van der Waals surface area (Å²) in [7, 11) is 0. The highest BCUT2D eigenvalue weighted by Gasteiger charge is 2.48. The third-order valence-corrected chi connectivity index (χ3v) is 9.50. The number of aromatic carboxylic acids is 1. The summed E-state index contributed by atoms with van der Waals surface area (Å²) < 4.78 is 27.4. The number of carboxylic acids is 1. The predicted octanol–water partition coefficient (Wildman–Crippen LogP) is 4.68. The Morgan fingerprint density at radius 3 is 2.02 bits per heavy atom. The number of halogens is 2. The number of nitrogens with one attached hydrogen (secondary N) is 4. The summed E-state index contributed by atoms with van der Waals surface area (Å²) >= 11 is 0. The second kappa shape index (κ2) is 18.7. The molecule has 0 spiro atoms. The molecule has 1 fully saturated rings. The molecule has 1 heterocycles. The minimum absolute atomic E-state index is 0.0408. The van der Waals surface area contributed by atoms with Crippen LogP contribution in [0.5, 0.6) is 0 Å². The van der Waals surface area contributed by atoms with E-state index < -0.39 is 72.2 Å². The fourth-order valence-electron chi connectivity index (χ4n) is 6.48. The van der Waals surface area contributed by atoms with Gasteiger partial charge in [0.1, 0.15) is 18.1 Å². The summed E-state index contributed by atoms with van der Waals surface area (Å²) in [6.07, 6.45) is -3.16. The first kappa shape index (κ1) is 42.5. The fraction of sp³-hybridized carbons (Fsp3) is 0.538. The lowest BCUT2D eigenvalue weighted by atomic mass is 9.84. The Bertz CT molecular complexity index is 1600. The van der Waals surface area contributed by atoms with Crippen molar-refractivity contribution in [1.82, 2.24) is 26.2 Å². The lowest BCUT2D eigenvalue weighted by molar-refractivity contribution is -0.144. The molecule has 2 aromatic rings. The average Bonchev–Trinajstić information content (AvgIpc) is 3.54. The summed E-state index contributed by atoms with van der Waals surface area (Å²) in [6, 6.07) is 9.05. The highest BCUT2D eigenvalue weighted by molar-refractivity contribution is 6.02. The van der Waals surface area contributed by atoms with E-state index in [1.165, 1.54) is 17.0 Å². The number of alkyl halides is 2. The second-order valence-electron chi connectivity index (χ2n) is 15.3. The van der Waals surface area contributed by atoms with Crippen LogP contribution in [0.4, 0.5) is 13.6 Å². The number of ketones is 1. The summed E-state index contributed by atoms with van der Waals surface area (Å²) in [5.74, 6) is -4.26. The molecule has 1 aliphatic heterocycles. The molecule has 1 saturated heterocycles. The minimum Gasteiger partial charge on any atom is -0.478 e. The second-order valence-corrected chi connectivity index (χ2v) is 15.3. The molecule has 2 aromatic carbocycles. The Morgan fingerprint density at radius 2 is 1.49 bits per heavy atom. The van der Waals surface area contributed by atoms with Crippen LogP contribution in [0.1, 0.15) is 87.6 Å². The van der Waals surface area contributed by atoms with E-state index in [0.29, 0.717) is 17.5 Å². The average molecular weight is 742 g/mol. The number of urea groups is 1. The van der Waals surface area contributed by atoms with E-state index in [2.05, 4.69) is 21.3 Å². The Morgan fingerprint density at radius 1 is 0.868 bits per heavy atom. The summed E-state index contributed by atoms with van der Waals surface area (Å²) in [5, 5.41) is 19.6. The molecule has 3 rings (SSSR count). The first-order valence-corrected chi connectivity index (χ1v) is 18.0. The normalized spacial score (nSPS) is 17.6. The smallest absolute Gasteiger partial charge is 0.335 e. The molecule has 0 radical (unpaired) electrons. The van der Waals surface area contributed by atoms with Gasteiger partial charge in [0.25, 0.3) is 0 Å². The number of carboxylic acid groups (broad SMARTS) is 1. The van der Waals surface area contributed by atoms with E-state index in [-0.39, 0.29) is 48.6 Å². The van der Waals surface area contributed by atoms with Crippen LogP contribution in [0, 0.1) is 23.2 Å². The maximum Gasteiger partial charge on any atom is 0.335 e. The summed E-state index contributed by atoms with van der Waals surface area (Å²) in [5.41, 5.74) is 0.378. The minimum atomic E-state index is -2.92. The molecular formula is C39H53F2N5O7. The van der Waals surface area contributed by atoms with Gasteiger partial charge >= 0.3 is 12.0 Å². The topological polar surface area (TPSA) is 174 Å². The van der Waals surface area contributed by atoms with Gasteiger partial charge in [0.2, 0.25) is 24.1 Å². The van der Waals surface area contributed by atoms with Crippen LogP contribution in [0.25, 0.3) is 0 Å². The van der Waals surface area contributed by atoms with E-state index in [9.17, 15) is 37.5 Å². The molecule has 5 N–H and O–H groups in total. The molecule has 0 aliphatic carbocycles. The van der Waals surface area contributed by atoms with Gasteiger partial charge in [0, 0.05) is 25.1 Å². The van der Waals surface area contributed by atoms with Crippen molar-refractivity contribution in [3.8, 4) is 0 Å². The van der Waals surface area contributed by atoms with Crippen molar-refractivity contribution in [2.24, 2.45) is 23.2 Å². The molecule has 5 atom stereocenters. The maximum absolute atomic E-state index is 14.3. The highest BCUT2D eigenvalue weighted by atomic mass is 19.3. The van der Waals surface area contributed by atoms with E-state index in [1.807, 2.05) is 13.8 Å². The van der Waals surface area contributed by atoms with Crippen LogP contribution in [-0.4, -0.2) is 89.2 Å². The molecule has 1 unspecified atom stereocenters. The highest BCUT2D eigenvalue weighted by Crippen LogP contribution is 2.33. The Labute approximate surface area is 309 Å². The van der Waals surface area contributed by atoms with Crippen LogP contribution in [0.15, 0.2) is 54.6 Å². The van der Waals surface area contributed by atoms with Gasteiger partial charge < -0.3 is 31.3 Å². The third kappa shape index (κ3) is 11.8. The summed E-state index contributed by atoms with van der Waals surface area (Å²) in [6.45, 7) is 12.8. The van der Waals surface area contributed by atoms with Crippen LogP contribution >= 0.6 is 0 Å². The first-order chi connectivity index (χ1) is 24.8. The molecule has 0 saturated carbocycles. The lowest BCUT2D eigenvalue weighted by Gasteiger charge is -2.37. The quantitative estimate of drug-likeness (QED) is 0.155. The van der Waals surface area contributed by atoms with Gasteiger partial charge in [-0.25, -0.2) is 18.4 Å². The first-order valence-electron chi connectivity index (χ1n) is 18.0. The predicted molar refractivity (Wildman–Crippen MR) is 195 cm³/mol. The Kier molecular flexibility index (Phi) is 15.0. The molecule has 1 aliphatic rings. The van der Waals surface area contributed by atoms with Crippen LogP contribution in [-0.2, 0) is 20.8 Å². The Balaban J connectivity index is 1.78. The monoisotopic (exact) mass is 741 g/mol. The van der Waals surface area contributed by atoms with Gasteiger partial charge in [0.15, 0.2) is 5.78 Å². The number of Topliss-reactive ketones (excluding diaryl/α,β-unsaturated/α-hetero) is 1. The van der Waals surface area contributed by atoms with Gasteiger partial charge in [-0.05, 0) is 53.7 Å². The summed E-state index contributed by atoms with van der Waals surface area (Å²) in [4.78, 5) is 80.6. The van der Waals surface area contributed by atoms with Gasteiger partial charge in [-0.3, -0.25) is 19.2 Å². The van der Waals surface area contributed by atoms with Crippen LogP contribution in [0.2, 0.25) is 0 Å². The van der Waals surface area contributed by atoms with Crippen LogP contribution in [0.3, 0.4) is 0 Å². The van der Waals surface area contributed by atoms with Crippen LogP contribution < -0.4 is 21.3 Å². The number of likely N-dealkylation sites (tertiary alicyclic amines) is 1. The molecule has 290 valence electrons. The van der Waals surface area contributed by atoms with Crippen molar-refractivity contribution in [2.75, 3.05) is 13.1 Å². The molecular weight excluding hydrogens is 688 g/mol. The van der Waals surface area contributed by atoms with Gasteiger partial charge in [0.05, 0.1) is 11.6 Å². The SMILES string of the molecule is CC(C)C1CCN(C(=O)[C@@H](NC(=O)N[C@H](C(=O)c2ccccc2)C(C)C)C(C)(C)C)[C@@H]1C(=O)N[C@@H](CC(F)F)C(=O)NCCc1ccc(C(=O)O)cc1. The number of nitrogens with zero attached hydrogens (tertiary/aromatic N) is 1. The zero-order valence-corrected chi connectivity index (χ0v) is 31.5. The van der Waals surface area contributed by atoms with Crippen molar-refractivity contribution in [3.63, 3.8) is 0 Å².